The molecule has 3 rings (SSSR count). The number of carbonyl (C=O) groups is 1. The van der Waals surface area contributed by atoms with Crippen molar-refractivity contribution in [2.75, 3.05) is 14.2 Å². The Kier molecular flexibility index (Phi) is 5.18. The molecule has 1 aromatic heterocycles. The summed E-state index contributed by atoms with van der Waals surface area (Å²) in [5.41, 5.74) is 2.40. The molecule has 0 saturated heterocycles. The first-order valence-electron chi connectivity index (χ1n) is 7.90. The second-order valence-corrected chi connectivity index (χ2v) is 5.43. The van der Waals surface area contributed by atoms with Gasteiger partial charge in [-0.3, -0.25) is 4.79 Å². The van der Waals surface area contributed by atoms with Crippen LogP contribution in [0.5, 0.6) is 11.5 Å². The third-order valence-electron chi connectivity index (χ3n) is 3.76. The first kappa shape index (κ1) is 16.8. The number of aryl methyl sites for hydroxylation is 1. The molecule has 0 N–H and O–H groups in total. The summed E-state index contributed by atoms with van der Waals surface area (Å²) in [5, 5.41) is 0. The number of ether oxygens (including phenoxy) is 3. The monoisotopic (exact) mass is 341 g/mol. The van der Waals surface area contributed by atoms with Crippen molar-refractivity contribution in [3.8, 4) is 11.5 Å². The maximum Gasteiger partial charge on any atom is 0.306 e. The molecule has 1 heterocycles. The number of aromatic nitrogens is 1. The lowest BCUT2D eigenvalue weighted by atomic mass is 10.1. The number of hydrogen-bond donors (Lipinski definition) is 0. The highest BCUT2D eigenvalue weighted by Gasteiger charge is 2.10. The summed E-state index contributed by atoms with van der Waals surface area (Å²) in [6.45, 7) is 0.0272. The van der Waals surface area contributed by atoms with Crippen molar-refractivity contribution in [2.24, 2.45) is 0 Å². The number of rotatable bonds is 7. The molecular formula is C19H19NO5. The van der Waals surface area contributed by atoms with Crippen LogP contribution >= 0.6 is 0 Å². The molecule has 0 amide bonds. The van der Waals surface area contributed by atoms with Gasteiger partial charge in [0.1, 0.15) is 5.52 Å². The van der Waals surface area contributed by atoms with Crippen LogP contribution in [0.1, 0.15) is 17.9 Å². The lowest BCUT2D eigenvalue weighted by molar-refractivity contribution is -0.145. The van der Waals surface area contributed by atoms with Gasteiger partial charge >= 0.3 is 5.97 Å². The van der Waals surface area contributed by atoms with Gasteiger partial charge in [0.2, 0.25) is 5.89 Å². The number of nitrogens with zero attached hydrogens (tertiary/aromatic N) is 1. The predicted octanol–water partition coefficient (Wildman–Crippen LogP) is 3.52. The summed E-state index contributed by atoms with van der Waals surface area (Å²) in [6, 6.07) is 13.0. The molecule has 0 fully saturated rings. The van der Waals surface area contributed by atoms with Gasteiger partial charge < -0.3 is 18.6 Å². The van der Waals surface area contributed by atoms with E-state index in [9.17, 15) is 4.79 Å². The molecule has 2 aromatic carbocycles. The topological polar surface area (TPSA) is 70.8 Å². The van der Waals surface area contributed by atoms with Crippen molar-refractivity contribution in [3.05, 3.63) is 53.9 Å². The van der Waals surface area contributed by atoms with E-state index in [0.29, 0.717) is 29.4 Å². The molecule has 0 saturated carbocycles. The molecule has 6 heteroatoms. The second-order valence-electron chi connectivity index (χ2n) is 5.43. The van der Waals surface area contributed by atoms with Gasteiger partial charge in [0.25, 0.3) is 0 Å². The van der Waals surface area contributed by atoms with E-state index in [1.54, 1.807) is 14.2 Å². The van der Waals surface area contributed by atoms with E-state index < -0.39 is 0 Å². The lowest BCUT2D eigenvalue weighted by Crippen LogP contribution is -2.06. The van der Waals surface area contributed by atoms with Gasteiger partial charge in [-0.1, -0.05) is 18.2 Å². The average Bonchev–Trinajstić information content (AvgIpc) is 3.07. The lowest BCUT2D eigenvalue weighted by Gasteiger charge is -2.09. The van der Waals surface area contributed by atoms with Crippen LogP contribution in [0.3, 0.4) is 0 Å². The Morgan fingerprint density at radius 1 is 1.08 bits per heavy atom. The summed E-state index contributed by atoms with van der Waals surface area (Å²) in [7, 11) is 3.16. The van der Waals surface area contributed by atoms with Crippen LogP contribution in [-0.2, 0) is 22.6 Å². The molecule has 0 atom stereocenters. The van der Waals surface area contributed by atoms with Crippen LogP contribution < -0.4 is 9.47 Å². The molecule has 25 heavy (non-hydrogen) atoms. The van der Waals surface area contributed by atoms with Crippen molar-refractivity contribution < 1.29 is 23.4 Å². The number of para-hydroxylation sites is 2. The van der Waals surface area contributed by atoms with Gasteiger partial charge in [-0.2, -0.15) is 0 Å². The van der Waals surface area contributed by atoms with Gasteiger partial charge in [0, 0.05) is 6.42 Å². The van der Waals surface area contributed by atoms with E-state index >= 15 is 0 Å². The van der Waals surface area contributed by atoms with Crippen molar-refractivity contribution in [3.63, 3.8) is 0 Å². The van der Waals surface area contributed by atoms with Crippen molar-refractivity contribution in [1.29, 1.82) is 0 Å². The average molecular weight is 341 g/mol. The van der Waals surface area contributed by atoms with Crippen LogP contribution in [0.4, 0.5) is 0 Å². The third kappa shape index (κ3) is 4.09. The highest BCUT2D eigenvalue weighted by molar-refractivity contribution is 5.72. The molecule has 130 valence electrons. The molecule has 3 aromatic rings. The number of carbonyl (C=O) groups excluding carboxylic acids is 1. The molecule has 0 radical (unpaired) electrons. The van der Waals surface area contributed by atoms with Crippen LogP contribution in [-0.4, -0.2) is 25.2 Å². The minimum atomic E-state index is -0.308. The van der Waals surface area contributed by atoms with Crippen molar-refractivity contribution in [1.82, 2.24) is 4.98 Å². The van der Waals surface area contributed by atoms with Gasteiger partial charge in [-0.25, -0.2) is 4.98 Å². The van der Waals surface area contributed by atoms with E-state index in [1.807, 2.05) is 42.5 Å². The normalized spacial score (nSPS) is 10.6. The van der Waals surface area contributed by atoms with Gasteiger partial charge in [0.05, 0.1) is 14.2 Å². The van der Waals surface area contributed by atoms with Crippen LogP contribution in [0.25, 0.3) is 11.1 Å². The summed E-state index contributed by atoms with van der Waals surface area (Å²) in [5.74, 6) is 1.38. The number of esters is 1. The van der Waals surface area contributed by atoms with E-state index in [2.05, 4.69) is 4.98 Å². The Morgan fingerprint density at radius 3 is 2.64 bits per heavy atom. The van der Waals surface area contributed by atoms with Crippen molar-refractivity contribution in [2.45, 2.75) is 19.4 Å². The molecule has 6 nitrogen and oxygen atoms in total. The Morgan fingerprint density at radius 2 is 1.88 bits per heavy atom. The predicted molar refractivity (Wildman–Crippen MR) is 91.7 cm³/mol. The van der Waals surface area contributed by atoms with E-state index in [4.69, 9.17) is 18.6 Å². The summed E-state index contributed by atoms with van der Waals surface area (Å²) >= 11 is 0. The summed E-state index contributed by atoms with van der Waals surface area (Å²) in [4.78, 5) is 16.2. The first-order chi connectivity index (χ1) is 12.2. The fraction of sp³-hybridized carbons (Fsp3) is 0.263. The number of fused-ring (bicyclic) bond motifs is 1. The second kappa shape index (κ2) is 7.70. The Labute approximate surface area is 145 Å². The van der Waals surface area contributed by atoms with Crippen LogP contribution in [0.2, 0.25) is 0 Å². The number of hydrogen-bond acceptors (Lipinski definition) is 6. The smallest absolute Gasteiger partial charge is 0.306 e. The molecular weight excluding hydrogens is 322 g/mol. The largest absolute Gasteiger partial charge is 0.493 e. The molecule has 0 aliphatic heterocycles. The summed E-state index contributed by atoms with van der Waals surface area (Å²) in [6.07, 6.45) is 0.808. The fourth-order valence-corrected chi connectivity index (χ4v) is 2.48. The number of methoxy groups -OCH3 is 2. The maximum absolute atomic E-state index is 11.9. The van der Waals surface area contributed by atoms with Gasteiger partial charge in [0.15, 0.2) is 23.7 Å². The number of oxazole rings is 1. The molecule has 0 aliphatic carbocycles. The molecule has 0 unspecified atom stereocenters. The zero-order valence-corrected chi connectivity index (χ0v) is 14.2. The minimum Gasteiger partial charge on any atom is -0.493 e. The quantitative estimate of drug-likeness (QED) is 0.612. The van der Waals surface area contributed by atoms with Crippen molar-refractivity contribution >= 4 is 17.1 Å². The van der Waals surface area contributed by atoms with E-state index in [-0.39, 0.29) is 19.0 Å². The Balaban J connectivity index is 1.52. The Hall–Kier alpha value is -3.02. The van der Waals surface area contributed by atoms with E-state index in [1.165, 1.54) is 0 Å². The van der Waals surface area contributed by atoms with Crippen LogP contribution in [0, 0.1) is 0 Å². The molecule has 0 aliphatic rings. The zero-order chi connectivity index (χ0) is 17.6. The highest BCUT2D eigenvalue weighted by Crippen LogP contribution is 2.28. The fourth-order valence-electron chi connectivity index (χ4n) is 2.48. The standard InChI is InChI=1S/C19H19NO5/c1-22-16-9-7-13(11-17(16)23-2)8-10-19(21)24-12-18-20-14-5-3-4-6-15(14)25-18/h3-7,9,11H,8,10,12H2,1-2H3. The van der Waals surface area contributed by atoms with Gasteiger partial charge in [-0.05, 0) is 36.2 Å². The van der Waals surface area contributed by atoms with Crippen LogP contribution in [0.15, 0.2) is 46.9 Å². The molecule has 0 bridgehead atoms. The summed E-state index contributed by atoms with van der Waals surface area (Å²) < 4.78 is 21.2. The maximum atomic E-state index is 11.9. The Bertz CT molecular complexity index is 838. The third-order valence-corrected chi connectivity index (χ3v) is 3.76. The number of benzene rings is 2. The molecule has 0 spiro atoms. The van der Waals surface area contributed by atoms with Gasteiger partial charge in [-0.15, -0.1) is 0 Å². The zero-order valence-electron chi connectivity index (χ0n) is 14.2. The first-order valence-corrected chi connectivity index (χ1v) is 7.90. The highest BCUT2D eigenvalue weighted by atomic mass is 16.5. The minimum absolute atomic E-state index is 0.0272. The SMILES string of the molecule is COc1ccc(CCC(=O)OCc2nc3ccccc3o2)cc1OC. The van der Waals surface area contributed by atoms with E-state index in [0.717, 1.165) is 11.1 Å².